The molecule has 0 aliphatic rings. The normalized spacial score (nSPS) is 11.5. The monoisotopic (exact) mass is 301 g/mol. The summed E-state index contributed by atoms with van der Waals surface area (Å²) in [6, 6.07) is 6.25. The summed E-state index contributed by atoms with van der Waals surface area (Å²) in [6.07, 6.45) is -3.78. The van der Waals surface area contributed by atoms with Crippen LogP contribution < -0.4 is 4.74 Å². The molecule has 0 bridgehead atoms. The van der Waals surface area contributed by atoms with Crippen LogP contribution in [0, 0.1) is 13.8 Å². The first kappa shape index (κ1) is 14.7. The Bertz CT molecular complexity index is 641. The van der Waals surface area contributed by atoms with Gasteiger partial charge in [0, 0.05) is 6.20 Å². The molecule has 0 spiro atoms. The second-order valence-electron chi connectivity index (χ2n) is 4.38. The van der Waals surface area contributed by atoms with Gasteiger partial charge in [0.05, 0.1) is 5.56 Å². The molecule has 106 valence electrons. The SMILES string of the molecule is Cc1ccc(Oc2ncc(C(F)(F)F)cc2Cl)c(C)c1. The third-order valence-electron chi connectivity index (χ3n) is 2.67. The molecular weight excluding hydrogens is 291 g/mol. The van der Waals surface area contributed by atoms with Gasteiger partial charge in [-0.25, -0.2) is 4.98 Å². The van der Waals surface area contributed by atoms with E-state index in [0.717, 1.165) is 17.2 Å². The Labute approximate surface area is 119 Å². The third-order valence-corrected chi connectivity index (χ3v) is 2.94. The van der Waals surface area contributed by atoms with Crippen molar-refractivity contribution >= 4 is 11.6 Å². The quantitative estimate of drug-likeness (QED) is 0.764. The Morgan fingerprint density at radius 2 is 1.85 bits per heavy atom. The summed E-state index contributed by atoms with van der Waals surface area (Å²) in [5, 5.41) is -0.181. The van der Waals surface area contributed by atoms with E-state index in [9.17, 15) is 13.2 Å². The molecule has 0 N–H and O–H groups in total. The summed E-state index contributed by atoms with van der Waals surface area (Å²) in [5.74, 6) is 0.455. The number of pyridine rings is 1. The lowest BCUT2D eigenvalue weighted by Gasteiger charge is -2.11. The summed E-state index contributed by atoms with van der Waals surface area (Å²) in [7, 11) is 0. The molecule has 0 atom stereocenters. The van der Waals surface area contributed by atoms with E-state index < -0.39 is 11.7 Å². The molecule has 0 radical (unpaired) electrons. The summed E-state index contributed by atoms with van der Waals surface area (Å²) in [6.45, 7) is 3.76. The van der Waals surface area contributed by atoms with Crippen LogP contribution in [-0.2, 0) is 6.18 Å². The van der Waals surface area contributed by atoms with E-state index in [2.05, 4.69) is 4.98 Å². The molecule has 1 heterocycles. The Kier molecular flexibility index (Phi) is 3.90. The first-order valence-corrected chi connectivity index (χ1v) is 6.13. The fourth-order valence-electron chi connectivity index (χ4n) is 1.67. The molecule has 2 aromatic rings. The Hall–Kier alpha value is -1.75. The van der Waals surface area contributed by atoms with Gasteiger partial charge in [-0.1, -0.05) is 29.3 Å². The van der Waals surface area contributed by atoms with Crippen molar-refractivity contribution in [2.45, 2.75) is 20.0 Å². The standard InChI is InChI=1S/C14H11ClF3NO/c1-8-3-4-12(9(2)5-8)20-13-11(15)6-10(7-19-13)14(16,17)18/h3-7H,1-2H3. The van der Waals surface area contributed by atoms with Gasteiger partial charge in [0.15, 0.2) is 0 Å². The molecule has 0 amide bonds. The van der Waals surface area contributed by atoms with E-state index in [0.29, 0.717) is 11.9 Å². The van der Waals surface area contributed by atoms with Gasteiger partial charge in [-0.15, -0.1) is 0 Å². The van der Waals surface area contributed by atoms with Crippen molar-refractivity contribution in [3.05, 3.63) is 52.2 Å². The van der Waals surface area contributed by atoms with Crippen molar-refractivity contribution in [3.8, 4) is 11.6 Å². The average molecular weight is 302 g/mol. The smallest absolute Gasteiger partial charge is 0.417 e. The lowest BCUT2D eigenvalue weighted by molar-refractivity contribution is -0.137. The van der Waals surface area contributed by atoms with Gasteiger partial charge in [0.25, 0.3) is 0 Å². The topological polar surface area (TPSA) is 22.1 Å². The second-order valence-corrected chi connectivity index (χ2v) is 4.79. The first-order chi connectivity index (χ1) is 9.27. The Morgan fingerprint density at radius 1 is 1.15 bits per heavy atom. The fraction of sp³-hybridized carbons (Fsp3) is 0.214. The minimum absolute atomic E-state index is 0.0494. The van der Waals surface area contributed by atoms with E-state index in [-0.39, 0.29) is 10.9 Å². The highest BCUT2D eigenvalue weighted by atomic mass is 35.5. The first-order valence-electron chi connectivity index (χ1n) is 5.75. The molecule has 2 rings (SSSR count). The summed E-state index contributed by atoms with van der Waals surface area (Å²) < 4.78 is 42.9. The summed E-state index contributed by atoms with van der Waals surface area (Å²) >= 11 is 5.78. The van der Waals surface area contributed by atoms with E-state index in [4.69, 9.17) is 16.3 Å². The van der Waals surface area contributed by atoms with Crippen LogP contribution in [0.3, 0.4) is 0 Å². The maximum absolute atomic E-state index is 12.5. The number of benzene rings is 1. The minimum Gasteiger partial charge on any atom is -0.437 e. The van der Waals surface area contributed by atoms with Crippen LogP contribution >= 0.6 is 11.6 Å². The van der Waals surface area contributed by atoms with Crippen LogP contribution in [0.25, 0.3) is 0 Å². The number of hydrogen-bond donors (Lipinski definition) is 0. The van der Waals surface area contributed by atoms with E-state index in [1.807, 2.05) is 26.0 Å². The third kappa shape index (κ3) is 3.22. The molecule has 1 aromatic carbocycles. The molecule has 6 heteroatoms. The van der Waals surface area contributed by atoms with Gasteiger partial charge in [0.2, 0.25) is 5.88 Å². The van der Waals surface area contributed by atoms with Crippen LogP contribution in [-0.4, -0.2) is 4.98 Å². The molecule has 2 nitrogen and oxygen atoms in total. The van der Waals surface area contributed by atoms with Crippen molar-refractivity contribution in [2.75, 3.05) is 0 Å². The molecule has 0 aliphatic carbocycles. The predicted octanol–water partition coefficient (Wildman–Crippen LogP) is 5.16. The highest BCUT2D eigenvalue weighted by Gasteiger charge is 2.31. The molecule has 0 fully saturated rings. The van der Waals surface area contributed by atoms with Crippen molar-refractivity contribution in [1.82, 2.24) is 4.98 Å². The average Bonchev–Trinajstić information content (AvgIpc) is 2.33. The summed E-state index contributed by atoms with van der Waals surface area (Å²) in [4.78, 5) is 3.63. The van der Waals surface area contributed by atoms with Gasteiger partial charge in [-0.05, 0) is 31.5 Å². The number of aromatic nitrogens is 1. The van der Waals surface area contributed by atoms with Gasteiger partial charge in [-0.2, -0.15) is 13.2 Å². The predicted molar refractivity (Wildman–Crippen MR) is 70.2 cm³/mol. The maximum atomic E-state index is 12.5. The van der Waals surface area contributed by atoms with Crippen LogP contribution in [0.1, 0.15) is 16.7 Å². The van der Waals surface area contributed by atoms with E-state index in [1.165, 1.54) is 0 Å². The van der Waals surface area contributed by atoms with E-state index in [1.54, 1.807) is 6.07 Å². The molecule has 0 aliphatic heterocycles. The molecule has 0 saturated heterocycles. The van der Waals surface area contributed by atoms with Crippen molar-refractivity contribution in [2.24, 2.45) is 0 Å². The maximum Gasteiger partial charge on any atom is 0.417 e. The number of aryl methyl sites for hydroxylation is 2. The van der Waals surface area contributed by atoms with Crippen molar-refractivity contribution < 1.29 is 17.9 Å². The number of rotatable bonds is 2. The van der Waals surface area contributed by atoms with Crippen molar-refractivity contribution in [1.29, 1.82) is 0 Å². The van der Waals surface area contributed by atoms with E-state index >= 15 is 0 Å². The zero-order valence-electron chi connectivity index (χ0n) is 10.8. The van der Waals surface area contributed by atoms with Gasteiger partial charge in [-0.3, -0.25) is 0 Å². The lowest BCUT2D eigenvalue weighted by atomic mass is 10.1. The zero-order chi connectivity index (χ0) is 14.9. The molecule has 0 unspecified atom stereocenters. The highest BCUT2D eigenvalue weighted by Crippen LogP contribution is 2.35. The number of halogens is 4. The van der Waals surface area contributed by atoms with Gasteiger partial charge in [0.1, 0.15) is 10.8 Å². The fourth-order valence-corrected chi connectivity index (χ4v) is 1.88. The van der Waals surface area contributed by atoms with Gasteiger partial charge < -0.3 is 4.74 Å². The van der Waals surface area contributed by atoms with Gasteiger partial charge >= 0.3 is 6.18 Å². The Morgan fingerprint density at radius 3 is 2.40 bits per heavy atom. The van der Waals surface area contributed by atoms with Crippen molar-refractivity contribution in [3.63, 3.8) is 0 Å². The number of alkyl halides is 3. The number of hydrogen-bond acceptors (Lipinski definition) is 2. The lowest BCUT2D eigenvalue weighted by Crippen LogP contribution is -2.05. The molecule has 20 heavy (non-hydrogen) atoms. The van der Waals surface area contributed by atoms with Crippen LogP contribution in [0.4, 0.5) is 13.2 Å². The van der Waals surface area contributed by atoms with Crippen LogP contribution in [0.2, 0.25) is 5.02 Å². The summed E-state index contributed by atoms with van der Waals surface area (Å²) in [5.41, 5.74) is 1.000. The molecule has 0 saturated carbocycles. The highest BCUT2D eigenvalue weighted by molar-refractivity contribution is 6.31. The zero-order valence-corrected chi connectivity index (χ0v) is 11.5. The number of ether oxygens (including phenoxy) is 1. The Balaban J connectivity index is 2.30. The van der Waals surface area contributed by atoms with Crippen LogP contribution in [0.15, 0.2) is 30.5 Å². The number of nitrogens with zero attached hydrogens (tertiary/aromatic N) is 1. The second kappa shape index (κ2) is 5.32. The van der Waals surface area contributed by atoms with Crippen LogP contribution in [0.5, 0.6) is 11.6 Å². The minimum atomic E-state index is -4.48. The molecular formula is C14H11ClF3NO. The largest absolute Gasteiger partial charge is 0.437 e. The molecule has 1 aromatic heterocycles.